The van der Waals surface area contributed by atoms with Gasteiger partial charge in [-0.15, -0.1) is 0 Å². The van der Waals surface area contributed by atoms with Crippen LogP contribution in [0.2, 0.25) is 0 Å². The van der Waals surface area contributed by atoms with E-state index in [1.807, 2.05) is 0 Å². The summed E-state index contributed by atoms with van der Waals surface area (Å²) in [4.78, 5) is 2.68. The molecule has 0 bridgehead atoms. The van der Waals surface area contributed by atoms with E-state index in [4.69, 9.17) is 0 Å². The molecule has 0 amide bonds. The molecule has 1 aliphatic heterocycles. The molecule has 2 nitrogen and oxygen atoms in total. The molecule has 0 saturated carbocycles. The van der Waals surface area contributed by atoms with Gasteiger partial charge in [0, 0.05) is 43.2 Å². The van der Waals surface area contributed by atoms with Crippen LogP contribution in [0.1, 0.15) is 47.5 Å². The zero-order chi connectivity index (χ0) is 13.6. The zero-order valence-electron chi connectivity index (χ0n) is 13.0. The van der Waals surface area contributed by atoms with Crippen LogP contribution in [0.4, 0.5) is 0 Å². The Morgan fingerprint density at radius 3 is 2.72 bits per heavy atom. The van der Waals surface area contributed by atoms with Crippen molar-refractivity contribution in [3.63, 3.8) is 0 Å². The zero-order valence-corrected chi connectivity index (χ0v) is 13.8. The fourth-order valence-electron chi connectivity index (χ4n) is 2.85. The smallest absolute Gasteiger partial charge is 0.0147 e. The van der Waals surface area contributed by atoms with Gasteiger partial charge in [-0.1, -0.05) is 41.0 Å². The number of nitrogens with zero attached hydrogens (tertiary/aromatic N) is 1. The molecular formula is C15H32N2S. The van der Waals surface area contributed by atoms with Gasteiger partial charge in [0.1, 0.15) is 0 Å². The van der Waals surface area contributed by atoms with Crippen LogP contribution in [0.5, 0.6) is 0 Å². The van der Waals surface area contributed by atoms with Crippen molar-refractivity contribution < 1.29 is 0 Å². The van der Waals surface area contributed by atoms with Crippen molar-refractivity contribution in [2.45, 2.75) is 58.8 Å². The first kappa shape index (κ1) is 16.3. The van der Waals surface area contributed by atoms with E-state index in [0.717, 1.165) is 11.8 Å². The van der Waals surface area contributed by atoms with Crippen molar-refractivity contribution in [1.82, 2.24) is 10.2 Å². The lowest BCUT2D eigenvalue weighted by atomic mass is 9.84. The van der Waals surface area contributed by atoms with E-state index in [1.54, 1.807) is 0 Å². The van der Waals surface area contributed by atoms with Crippen LogP contribution in [0.25, 0.3) is 0 Å². The van der Waals surface area contributed by atoms with Crippen molar-refractivity contribution >= 4 is 11.8 Å². The predicted molar refractivity (Wildman–Crippen MR) is 84.5 cm³/mol. The van der Waals surface area contributed by atoms with Crippen molar-refractivity contribution in [1.29, 1.82) is 0 Å². The first-order valence-corrected chi connectivity index (χ1v) is 8.57. The Labute approximate surface area is 118 Å². The second kappa shape index (κ2) is 7.76. The van der Waals surface area contributed by atoms with E-state index in [-0.39, 0.29) is 0 Å². The van der Waals surface area contributed by atoms with Crippen molar-refractivity contribution in [3.8, 4) is 0 Å². The van der Waals surface area contributed by atoms with Gasteiger partial charge in [-0.2, -0.15) is 11.8 Å². The minimum absolute atomic E-state index is 0.431. The highest BCUT2D eigenvalue weighted by Gasteiger charge is 2.28. The molecule has 18 heavy (non-hydrogen) atoms. The van der Waals surface area contributed by atoms with Crippen LogP contribution in [0, 0.1) is 5.41 Å². The topological polar surface area (TPSA) is 15.3 Å². The standard InChI is InChI=1S/C15H32N2S/c1-6-7-15(5,11-16-13(2)3)12-17-8-9-18-14(4)10-17/h13-14,16H,6-12H2,1-5H3. The molecule has 0 aliphatic carbocycles. The largest absolute Gasteiger partial charge is 0.314 e. The first-order chi connectivity index (χ1) is 8.45. The van der Waals surface area contributed by atoms with E-state index >= 15 is 0 Å². The summed E-state index contributed by atoms with van der Waals surface area (Å²) < 4.78 is 0. The Kier molecular flexibility index (Phi) is 7.04. The first-order valence-electron chi connectivity index (χ1n) is 7.52. The highest BCUT2D eigenvalue weighted by atomic mass is 32.2. The fraction of sp³-hybridized carbons (Fsp3) is 1.00. The molecule has 0 aromatic rings. The molecule has 1 fully saturated rings. The quantitative estimate of drug-likeness (QED) is 0.766. The summed E-state index contributed by atoms with van der Waals surface area (Å²) in [6.45, 7) is 16.6. The Morgan fingerprint density at radius 1 is 1.44 bits per heavy atom. The van der Waals surface area contributed by atoms with Gasteiger partial charge in [-0.3, -0.25) is 0 Å². The normalized spacial score (nSPS) is 25.3. The Morgan fingerprint density at radius 2 is 2.17 bits per heavy atom. The highest BCUT2D eigenvalue weighted by Crippen LogP contribution is 2.27. The Hall–Kier alpha value is 0.270. The summed E-state index contributed by atoms with van der Waals surface area (Å²) in [7, 11) is 0. The fourth-order valence-corrected chi connectivity index (χ4v) is 3.93. The summed E-state index contributed by atoms with van der Waals surface area (Å²) in [5.41, 5.74) is 0.431. The molecule has 1 N–H and O–H groups in total. The molecule has 1 saturated heterocycles. The molecule has 0 spiro atoms. The molecule has 1 heterocycles. The second-order valence-electron chi connectivity index (χ2n) is 6.51. The molecule has 3 heteroatoms. The average molecular weight is 273 g/mol. The second-order valence-corrected chi connectivity index (χ2v) is 8.06. The lowest BCUT2D eigenvalue weighted by Gasteiger charge is -2.39. The van der Waals surface area contributed by atoms with Crippen LogP contribution in [-0.2, 0) is 0 Å². The van der Waals surface area contributed by atoms with Crippen LogP contribution >= 0.6 is 11.8 Å². The number of hydrogen-bond donors (Lipinski definition) is 1. The molecule has 1 aliphatic rings. The number of hydrogen-bond acceptors (Lipinski definition) is 3. The minimum atomic E-state index is 0.431. The van der Waals surface area contributed by atoms with E-state index in [0.29, 0.717) is 11.5 Å². The SMILES string of the molecule is CCCC(C)(CNC(C)C)CN1CCSC(C)C1. The van der Waals surface area contributed by atoms with Gasteiger partial charge < -0.3 is 10.2 Å². The van der Waals surface area contributed by atoms with E-state index in [1.165, 1.54) is 38.2 Å². The Bertz CT molecular complexity index is 233. The van der Waals surface area contributed by atoms with Crippen molar-refractivity contribution in [2.24, 2.45) is 5.41 Å². The van der Waals surface area contributed by atoms with Crippen LogP contribution in [0.15, 0.2) is 0 Å². The Balaban J connectivity index is 2.49. The van der Waals surface area contributed by atoms with Gasteiger partial charge in [0.05, 0.1) is 0 Å². The van der Waals surface area contributed by atoms with Crippen LogP contribution in [-0.4, -0.2) is 48.1 Å². The summed E-state index contributed by atoms with van der Waals surface area (Å²) in [5, 5.41) is 4.45. The maximum absolute atomic E-state index is 3.64. The maximum Gasteiger partial charge on any atom is 0.0147 e. The summed E-state index contributed by atoms with van der Waals surface area (Å²) in [6.07, 6.45) is 2.61. The van der Waals surface area contributed by atoms with Gasteiger partial charge in [-0.25, -0.2) is 0 Å². The lowest BCUT2D eigenvalue weighted by molar-refractivity contribution is 0.151. The van der Waals surface area contributed by atoms with Gasteiger partial charge >= 0.3 is 0 Å². The summed E-state index contributed by atoms with van der Waals surface area (Å²) >= 11 is 2.12. The van der Waals surface area contributed by atoms with E-state index in [2.05, 4.69) is 56.6 Å². The minimum Gasteiger partial charge on any atom is -0.314 e. The molecule has 1 rings (SSSR count). The number of rotatable bonds is 7. The molecule has 0 aromatic carbocycles. The van der Waals surface area contributed by atoms with Crippen LogP contribution in [0.3, 0.4) is 0 Å². The summed E-state index contributed by atoms with van der Waals surface area (Å²) in [5.74, 6) is 1.31. The third-order valence-corrected chi connectivity index (χ3v) is 4.86. The number of thioether (sulfide) groups is 1. The van der Waals surface area contributed by atoms with Crippen molar-refractivity contribution in [2.75, 3.05) is 31.9 Å². The van der Waals surface area contributed by atoms with Gasteiger partial charge in [-0.05, 0) is 11.8 Å². The van der Waals surface area contributed by atoms with E-state index < -0.39 is 0 Å². The van der Waals surface area contributed by atoms with Gasteiger partial charge in [0.15, 0.2) is 0 Å². The average Bonchev–Trinajstić information content (AvgIpc) is 2.27. The molecule has 2 atom stereocenters. The molecule has 0 radical (unpaired) electrons. The van der Waals surface area contributed by atoms with Crippen LogP contribution < -0.4 is 5.32 Å². The van der Waals surface area contributed by atoms with Crippen molar-refractivity contribution in [3.05, 3.63) is 0 Å². The highest BCUT2D eigenvalue weighted by molar-refractivity contribution is 7.99. The lowest BCUT2D eigenvalue weighted by Crippen LogP contribution is -2.47. The molecule has 2 unspecified atom stereocenters. The van der Waals surface area contributed by atoms with Gasteiger partial charge in [0.25, 0.3) is 0 Å². The molecule has 108 valence electrons. The monoisotopic (exact) mass is 272 g/mol. The third kappa shape index (κ3) is 5.94. The van der Waals surface area contributed by atoms with Gasteiger partial charge in [0.2, 0.25) is 0 Å². The predicted octanol–water partition coefficient (Wildman–Crippen LogP) is 3.23. The molecule has 0 aromatic heterocycles. The summed E-state index contributed by atoms with van der Waals surface area (Å²) in [6, 6.07) is 0.594. The maximum atomic E-state index is 3.64. The molecular weight excluding hydrogens is 240 g/mol. The van der Waals surface area contributed by atoms with E-state index in [9.17, 15) is 0 Å². The third-order valence-electron chi connectivity index (χ3n) is 3.72. The number of nitrogens with one attached hydrogen (secondary N) is 1.